The minimum atomic E-state index is 0.788. The monoisotopic (exact) mass is 212 g/mol. The molecule has 2 rings (SSSR count). The van der Waals surface area contributed by atoms with Gasteiger partial charge < -0.3 is 16.0 Å². The summed E-state index contributed by atoms with van der Waals surface area (Å²) >= 11 is 0. The molecule has 15 heavy (non-hydrogen) atoms. The van der Waals surface area contributed by atoms with Gasteiger partial charge in [-0.2, -0.15) is 0 Å². The summed E-state index contributed by atoms with van der Waals surface area (Å²) in [6.07, 6.45) is 2.63. The molecule has 1 unspecified atom stereocenters. The SMILES string of the molecule is NCCN1CCC(N2CCCNCC2)C1. The van der Waals surface area contributed by atoms with Gasteiger partial charge in [0, 0.05) is 38.8 Å². The second-order valence-corrected chi connectivity index (χ2v) is 4.67. The van der Waals surface area contributed by atoms with E-state index in [2.05, 4.69) is 15.1 Å². The van der Waals surface area contributed by atoms with Crippen molar-refractivity contribution in [2.24, 2.45) is 5.73 Å². The van der Waals surface area contributed by atoms with E-state index in [0.717, 1.165) is 25.7 Å². The summed E-state index contributed by atoms with van der Waals surface area (Å²) in [6.45, 7) is 9.19. The highest BCUT2D eigenvalue weighted by Gasteiger charge is 2.27. The summed E-state index contributed by atoms with van der Waals surface area (Å²) in [5, 5.41) is 3.46. The van der Waals surface area contributed by atoms with Crippen LogP contribution in [0.5, 0.6) is 0 Å². The summed E-state index contributed by atoms with van der Waals surface area (Å²) in [6, 6.07) is 0.788. The van der Waals surface area contributed by atoms with Gasteiger partial charge in [0.2, 0.25) is 0 Å². The minimum Gasteiger partial charge on any atom is -0.329 e. The Morgan fingerprint density at radius 3 is 3.00 bits per heavy atom. The van der Waals surface area contributed by atoms with Gasteiger partial charge in [-0.3, -0.25) is 4.90 Å². The third-order valence-electron chi connectivity index (χ3n) is 3.58. The zero-order valence-corrected chi connectivity index (χ0v) is 9.62. The Bertz CT molecular complexity index is 177. The van der Waals surface area contributed by atoms with Crippen LogP contribution in [-0.4, -0.2) is 68.2 Å². The van der Waals surface area contributed by atoms with Crippen molar-refractivity contribution in [3.8, 4) is 0 Å². The molecule has 0 amide bonds. The molecule has 4 heteroatoms. The lowest BCUT2D eigenvalue weighted by atomic mass is 10.2. The second kappa shape index (κ2) is 5.80. The van der Waals surface area contributed by atoms with Crippen LogP contribution in [-0.2, 0) is 0 Å². The predicted molar refractivity (Wildman–Crippen MR) is 63.0 cm³/mol. The number of nitrogens with two attached hydrogens (primary N) is 1. The first-order valence-corrected chi connectivity index (χ1v) is 6.27. The second-order valence-electron chi connectivity index (χ2n) is 4.67. The van der Waals surface area contributed by atoms with Crippen molar-refractivity contribution < 1.29 is 0 Å². The third kappa shape index (κ3) is 3.14. The smallest absolute Gasteiger partial charge is 0.0235 e. The molecule has 0 saturated carbocycles. The molecule has 2 fully saturated rings. The van der Waals surface area contributed by atoms with Gasteiger partial charge in [-0.1, -0.05) is 0 Å². The van der Waals surface area contributed by atoms with Crippen LogP contribution in [0, 0.1) is 0 Å². The first-order valence-electron chi connectivity index (χ1n) is 6.27. The maximum absolute atomic E-state index is 5.59. The van der Waals surface area contributed by atoms with Crippen molar-refractivity contribution in [1.29, 1.82) is 0 Å². The lowest BCUT2D eigenvalue weighted by molar-refractivity contribution is 0.205. The highest BCUT2D eigenvalue weighted by Crippen LogP contribution is 2.15. The van der Waals surface area contributed by atoms with Gasteiger partial charge in [-0.15, -0.1) is 0 Å². The van der Waals surface area contributed by atoms with Gasteiger partial charge in [0.1, 0.15) is 0 Å². The van der Waals surface area contributed by atoms with Crippen LogP contribution in [0.2, 0.25) is 0 Å². The zero-order valence-electron chi connectivity index (χ0n) is 9.62. The number of likely N-dealkylation sites (tertiary alicyclic amines) is 1. The number of rotatable bonds is 3. The first-order chi connectivity index (χ1) is 7.40. The molecule has 2 aliphatic heterocycles. The number of hydrogen-bond acceptors (Lipinski definition) is 4. The fourth-order valence-corrected chi connectivity index (χ4v) is 2.73. The summed E-state index contributed by atoms with van der Waals surface area (Å²) in [5.74, 6) is 0. The Kier molecular flexibility index (Phi) is 4.38. The summed E-state index contributed by atoms with van der Waals surface area (Å²) in [4.78, 5) is 5.17. The van der Waals surface area contributed by atoms with Crippen LogP contribution in [0.25, 0.3) is 0 Å². The lowest BCUT2D eigenvalue weighted by Crippen LogP contribution is -2.40. The van der Waals surface area contributed by atoms with Crippen LogP contribution in [0.15, 0.2) is 0 Å². The molecular weight excluding hydrogens is 188 g/mol. The molecule has 0 aliphatic carbocycles. The molecule has 0 aromatic rings. The zero-order chi connectivity index (χ0) is 10.5. The van der Waals surface area contributed by atoms with Crippen molar-refractivity contribution in [2.45, 2.75) is 18.9 Å². The Labute approximate surface area is 92.8 Å². The van der Waals surface area contributed by atoms with E-state index in [1.165, 1.54) is 45.6 Å². The lowest BCUT2D eigenvalue weighted by Gasteiger charge is -2.27. The van der Waals surface area contributed by atoms with Crippen LogP contribution < -0.4 is 11.1 Å². The predicted octanol–water partition coefficient (Wildman–Crippen LogP) is -0.685. The van der Waals surface area contributed by atoms with E-state index in [0.29, 0.717) is 0 Å². The van der Waals surface area contributed by atoms with Crippen LogP contribution in [0.4, 0.5) is 0 Å². The first kappa shape index (κ1) is 11.3. The Balaban J connectivity index is 1.78. The largest absolute Gasteiger partial charge is 0.329 e. The Hall–Kier alpha value is -0.160. The van der Waals surface area contributed by atoms with Crippen LogP contribution >= 0.6 is 0 Å². The number of nitrogens with one attached hydrogen (secondary N) is 1. The van der Waals surface area contributed by atoms with E-state index < -0.39 is 0 Å². The van der Waals surface area contributed by atoms with E-state index in [1.807, 2.05) is 0 Å². The average molecular weight is 212 g/mol. The van der Waals surface area contributed by atoms with E-state index >= 15 is 0 Å². The molecule has 0 aromatic heterocycles. The fraction of sp³-hybridized carbons (Fsp3) is 1.00. The minimum absolute atomic E-state index is 0.788. The number of nitrogens with zero attached hydrogens (tertiary/aromatic N) is 2. The average Bonchev–Trinajstić information content (AvgIpc) is 2.53. The van der Waals surface area contributed by atoms with Crippen LogP contribution in [0.1, 0.15) is 12.8 Å². The van der Waals surface area contributed by atoms with Gasteiger partial charge in [-0.25, -0.2) is 0 Å². The molecular formula is C11H24N4. The molecule has 0 aromatic carbocycles. The molecule has 2 saturated heterocycles. The quantitative estimate of drug-likeness (QED) is 0.650. The van der Waals surface area contributed by atoms with Gasteiger partial charge >= 0.3 is 0 Å². The molecule has 0 spiro atoms. The third-order valence-corrected chi connectivity index (χ3v) is 3.58. The molecule has 0 bridgehead atoms. The van der Waals surface area contributed by atoms with Crippen LogP contribution in [0.3, 0.4) is 0 Å². The molecule has 0 radical (unpaired) electrons. The normalized spacial score (nSPS) is 30.6. The van der Waals surface area contributed by atoms with E-state index in [9.17, 15) is 0 Å². The van der Waals surface area contributed by atoms with Crippen molar-refractivity contribution in [3.63, 3.8) is 0 Å². The van der Waals surface area contributed by atoms with Gasteiger partial charge in [-0.05, 0) is 32.5 Å². The van der Waals surface area contributed by atoms with Gasteiger partial charge in [0.25, 0.3) is 0 Å². The Morgan fingerprint density at radius 2 is 2.13 bits per heavy atom. The molecule has 1 atom stereocenters. The molecule has 2 aliphatic rings. The maximum atomic E-state index is 5.59. The molecule has 2 heterocycles. The molecule has 88 valence electrons. The summed E-state index contributed by atoms with van der Waals surface area (Å²) < 4.78 is 0. The van der Waals surface area contributed by atoms with Gasteiger partial charge in [0.15, 0.2) is 0 Å². The highest BCUT2D eigenvalue weighted by molar-refractivity contribution is 4.84. The van der Waals surface area contributed by atoms with E-state index in [4.69, 9.17) is 5.73 Å². The summed E-state index contributed by atoms with van der Waals surface area (Å²) in [5.41, 5.74) is 5.59. The van der Waals surface area contributed by atoms with Crippen molar-refractivity contribution >= 4 is 0 Å². The summed E-state index contributed by atoms with van der Waals surface area (Å²) in [7, 11) is 0. The van der Waals surface area contributed by atoms with Crippen molar-refractivity contribution in [1.82, 2.24) is 15.1 Å². The fourth-order valence-electron chi connectivity index (χ4n) is 2.73. The van der Waals surface area contributed by atoms with Crippen molar-refractivity contribution in [2.75, 3.05) is 52.4 Å². The van der Waals surface area contributed by atoms with E-state index in [1.54, 1.807) is 0 Å². The van der Waals surface area contributed by atoms with Gasteiger partial charge in [0.05, 0.1) is 0 Å². The van der Waals surface area contributed by atoms with E-state index in [-0.39, 0.29) is 0 Å². The highest BCUT2D eigenvalue weighted by atomic mass is 15.3. The molecule has 4 nitrogen and oxygen atoms in total. The topological polar surface area (TPSA) is 44.5 Å². The standard InChI is InChI=1S/C11H24N4/c12-3-8-14-7-2-11(10-14)15-6-1-4-13-5-9-15/h11,13H,1-10,12H2. The Morgan fingerprint density at radius 1 is 1.20 bits per heavy atom. The molecule has 3 N–H and O–H groups in total. The number of hydrogen-bond donors (Lipinski definition) is 2. The van der Waals surface area contributed by atoms with Crippen molar-refractivity contribution in [3.05, 3.63) is 0 Å². The maximum Gasteiger partial charge on any atom is 0.0235 e.